The number of rotatable bonds is 7. The molecule has 299 valence electrons. The van der Waals surface area contributed by atoms with Crippen LogP contribution >= 0.6 is 7.14 Å². The van der Waals surface area contributed by atoms with Gasteiger partial charge in [-0.2, -0.15) is 30.3 Å². The topological polar surface area (TPSA) is 30.0 Å². The van der Waals surface area contributed by atoms with Gasteiger partial charge in [0.1, 0.15) is 7.14 Å². The Hall–Kier alpha value is -2.83. The quantitative estimate of drug-likeness (QED) is 0.120. The molecule has 4 heteroatoms. The van der Waals surface area contributed by atoms with Gasteiger partial charge in [0.25, 0.3) is 0 Å². The summed E-state index contributed by atoms with van der Waals surface area (Å²) in [6.45, 7) is 8.77. The van der Waals surface area contributed by atoms with E-state index < -0.39 is 7.14 Å². The number of pyridine rings is 1. The minimum Gasteiger partial charge on any atom is -0.320 e. The van der Waals surface area contributed by atoms with E-state index in [-0.39, 0.29) is 30.4 Å². The summed E-state index contributed by atoms with van der Waals surface area (Å²) >= 11 is 0. The van der Waals surface area contributed by atoms with Gasteiger partial charge in [-0.1, -0.05) is 76.2 Å². The van der Waals surface area contributed by atoms with Crippen LogP contribution in [-0.2, 0) is 31.1 Å². The Morgan fingerprint density at radius 3 is 1.77 bits per heavy atom. The predicted octanol–water partition coefficient (Wildman–Crippen LogP) is 13.6. The van der Waals surface area contributed by atoms with Crippen molar-refractivity contribution in [1.29, 1.82) is 0 Å². The van der Waals surface area contributed by atoms with Gasteiger partial charge < -0.3 is 4.57 Å². The first kappa shape index (κ1) is 39.6. The molecule has 0 unspecified atom stereocenters. The average molecular weight is 950 g/mol. The predicted molar refractivity (Wildman–Crippen MR) is 234 cm³/mol. The van der Waals surface area contributed by atoms with Gasteiger partial charge >= 0.3 is 0 Å². The fraction of sp³-hybridized carbons (Fsp3) is 0.491. The molecular weight excluding hydrogens is 890 g/mol. The van der Waals surface area contributed by atoms with E-state index in [0.717, 1.165) is 64.3 Å². The van der Waals surface area contributed by atoms with Gasteiger partial charge in [-0.25, -0.2) is 0 Å². The Labute approximate surface area is 356 Å². The van der Waals surface area contributed by atoms with Gasteiger partial charge in [-0.3, -0.25) is 4.98 Å². The molecule has 0 amide bonds. The van der Waals surface area contributed by atoms with Crippen molar-refractivity contribution in [2.45, 2.75) is 121 Å². The fourth-order valence-corrected chi connectivity index (χ4v) is 20.1. The molecule has 8 saturated carbocycles. The molecule has 13 rings (SSSR count). The fourth-order valence-electron chi connectivity index (χ4n) is 14.5. The van der Waals surface area contributed by atoms with Crippen molar-refractivity contribution in [3.63, 3.8) is 0 Å². The van der Waals surface area contributed by atoms with Crippen LogP contribution in [0.15, 0.2) is 91.0 Å². The third kappa shape index (κ3) is 6.99. The first-order valence-electron chi connectivity index (χ1n) is 22.2. The standard InChI is InChI=1S/C27H26N.C26H34OP.Ir/c1-18(2)14-25-23(21-8-6-5-7-9-21)10-13-27-24(25)11-12-26(28-27)22-16-19(3)15-20(4)17-22;27-28(24-4-2-1-3-5-24,25-12-18-6-19(13-25)8-20(7-18)14-25)26-15-21-9-22(16-26)11-23(10-21)17-26;/h5-13,15-16,18H,14H2,1-4H3;1-4,18-23H,6-17H2;/q2*-1;. The molecule has 1 radical (unpaired) electrons. The summed E-state index contributed by atoms with van der Waals surface area (Å²) < 4.78 is 15.9. The summed E-state index contributed by atoms with van der Waals surface area (Å²) in [7, 11) is -2.53. The van der Waals surface area contributed by atoms with Gasteiger partial charge in [0.2, 0.25) is 0 Å². The first-order chi connectivity index (χ1) is 27.1. The number of nitrogens with zero attached hydrogens (tertiary/aromatic N) is 1. The van der Waals surface area contributed by atoms with E-state index in [0.29, 0.717) is 5.92 Å². The average Bonchev–Trinajstić information content (AvgIpc) is 3.17. The maximum absolute atomic E-state index is 15.9. The molecule has 1 aromatic heterocycles. The molecule has 0 atom stereocenters. The number of fused-ring (bicyclic) bond motifs is 1. The minimum atomic E-state index is -2.53. The third-order valence-electron chi connectivity index (χ3n) is 15.5. The van der Waals surface area contributed by atoms with Gasteiger partial charge in [0, 0.05) is 35.8 Å². The molecule has 57 heavy (non-hydrogen) atoms. The van der Waals surface area contributed by atoms with Crippen LogP contribution in [-0.4, -0.2) is 15.3 Å². The van der Waals surface area contributed by atoms with Crippen molar-refractivity contribution in [1.82, 2.24) is 4.98 Å². The van der Waals surface area contributed by atoms with E-state index in [1.54, 1.807) is 0 Å². The zero-order valence-corrected chi connectivity index (χ0v) is 37.8. The van der Waals surface area contributed by atoms with Crippen molar-refractivity contribution in [2.75, 3.05) is 0 Å². The Morgan fingerprint density at radius 1 is 0.702 bits per heavy atom. The van der Waals surface area contributed by atoms with Crippen LogP contribution in [0.25, 0.3) is 33.3 Å². The molecule has 1 heterocycles. The maximum atomic E-state index is 15.9. The second-order valence-electron chi connectivity index (χ2n) is 20.2. The number of hydrogen-bond acceptors (Lipinski definition) is 2. The van der Waals surface area contributed by atoms with Crippen LogP contribution < -0.4 is 5.30 Å². The molecule has 0 aliphatic heterocycles. The molecule has 8 bridgehead atoms. The van der Waals surface area contributed by atoms with E-state index in [4.69, 9.17) is 4.98 Å². The van der Waals surface area contributed by atoms with E-state index >= 15 is 4.57 Å². The summed E-state index contributed by atoms with van der Waals surface area (Å²) in [6.07, 6.45) is 17.4. The van der Waals surface area contributed by atoms with Crippen LogP contribution in [0.2, 0.25) is 0 Å². The van der Waals surface area contributed by atoms with Crippen LogP contribution in [0.3, 0.4) is 0 Å². The van der Waals surface area contributed by atoms with Crippen LogP contribution in [0.4, 0.5) is 0 Å². The van der Waals surface area contributed by atoms with Gasteiger partial charge in [-0.05, 0) is 153 Å². The SMILES string of the molecule is Cc1[c-]c(-c2ccc3c(CC(C)C)c(-c4ccccc4)ccc3n2)cc(C)c1.O=P(c1[c-]cccc1)(C12CC3CC(CC(C3)C1)C2)C12CC3CC(CC(C3)C1)C2.[Ir]. The number of hydrogen-bond donors (Lipinski definition) is 0. The monoisotopic (exact) mass is 950 g/mol. The van der Waals surface area contributed by atoms with Crippen molar-refractivity contribution in [2.24, 2.45) is 41.4 Å². The Balaban J connectivity index is 0.000000146. The normalized spacial score (nSPS) is 31.5. The Bertz CT molecular complexity index is 2160. The van der Waals surface area contributed by atoms with Crippen molar-refractivity contribution >= 4 is 23.3 Å². The zero-order valence-electron chi connectivity index (χ0n) is 34.5. The number of benzene rings is 4. The molecule has 8 aliphatic carbocycles. The van der Waals surface area contributed by atoms with E-state index in [1.165, 1.54) is 110 Å². The third-order valence-corrected chi connectivity index (χ3v) is 20.2. The largest absolute Gasteiger partial charge is 0.320 e. The van der Waals surface area contributed by atoms with Gasteiger partial charge in [-0.15, -0.1) is 40.2 Å². The van der Waals surface area contributed by atoms with Crippen molar-refractivity contribution < 1.29 is 24.7 Å². The molecule has 0 saturated heterocycles. The first-order valence-corrected chi connectivity index (χ1v) is 23.9. The van der Waals surface area contributed by atoms with Crippen LogP contribution in [0.1, 0.15) is 108 Å². The van der Waals surface area contributed by atoms with E-state index in [2.05, 4.69) is 131 Å². The van der Waals surface area contributed by atoms with E-state index in [9.17, 15) is 0 Å². The van der Waals surface area contributed by atoms with Crippen LogP contribution in [0, 0.1) is 67.4 Å². The molecule has 0 spiro atoms. The molecule has 2 nitrogen and oxygen atoms in total. The number of aromatic nitrogens is 1. The Kier molecular flexibility index (Phi) is 10.7. The summed E-state index contributed by atoms with van der Waals surface area (Å²) in [4.78, 5) is 5.00. The zero-order chi connectivity index (χ0) is 38.2. The molecule has 8 fully saturated rings. The molecule has 4 aromatic carbocycles. The minimum absolute atomic E-state index is 0. The molecule has 8 aliphatic rings. The molecular formula is C53H60IrNOP-2. The summed E-state index contributed by atoms with van der Waals surface area (Å²) in [5, 5.41) is 2.68. The second kappa shape index (κ2) is 15.3. The summed E-state index contributed by atoms with van der Waals surface area (Å²) in [5.41, 5.74) is 9.48. The van der Waals surface area contributed by atoms with E-state index in [1.807, 2.05) is 0 Å². The van der Waals surface area contributed by atoms with Crippen molar-refractivity contribution in [3.05, 3.63) is 120 Å². The summed E-state index contributed by atoms with van der Waals surface area (Å²) in [6, 6.07) is 39.3. The van der Waals surface area contributed by atoms with Crippen LogP contribution in [0.5, 0.6) is 0 Å². The van der Waals surface area contributed by atoms with Gasteiger partial charge in [0.05, 0.1) is 5.52 Å². The van der Waals surface area contributed by atoms with Crippen molar-refractivity contribution in [3.8, 4) is 22.4 Å². The molecule has 0 N–H and O–H groups in total. The Morgan fingerprint density at radius 2 is 1.26 bits per heavy atom. The summed E-state index contributed by atoms with van der Waals surface area (Å²) in [5.74, 6) is 5.82. The second-order valence-corrected chi connectivity index (χ2v) is 23.8. The smallest absolute Gasteiger partial charge is 0.104 e. The number of aryl methyl sites for hydroxylation is 2. The maximum Gasteiger partial charge on any atom is 0.104 e. The molecule has 5 aromatic rings. The van der Waals surface area contributed by atoms with Gasteiger partial charge in [0.15, 0.2) is 0 Å².